The van der Waals surface area contributed by atoms with E-state index in [0.29, 0.717) is 4.31 Å². The zero-order chi connectivity index (χ0) is 31.2. The summed E-state index contributed by atoms with van der Waals surface area (Å²) in [5.41, 5.74) is -4.55. The fraction of sp³-hybridized carbons (Fsp3) is 0.650. The molecular formula is C20H29N5O4S. The van der Waals surface area contributed by atoms with Crippen molar-refractivity contribution in [1.82, 2.24) is 18.8 Å². The lowest BCUT2D eigenvalue weighted by atomic mass is 9.99. The van der Waals surface area contributed by atoms with Crippen LogP contribution in [-0.2, 0) is 10.0 Å². The number of nitrogens with one attached hydrogen (secondary N) is 1. The van der Waals surface area contributed by atoms with Crippen molar-refractivity contribution in [1.29, 1.82) is 0 Å². The first-order valence-corrected chi connectivity index (χ1v) is 11.1. The number of hydrogen-bond donors (Lipinski definition) is 2. The molecule has 0 bridgehead atoms. The van der Waals surface area contributed by atoms with Crippen LogP contribution in [0.15, 0.2) is 17.1 Å². The van der Waals surface area contributed by atoms with E-state index in [2.05, 4.69) is 15.3 Å². The van der Waals surface area contributed by atoms with Crippen LogP contribution in [0.25, 0.3) is 11.0 Å². The van der Waals surface area contributed by atoms with Crippen LogP contribution in [0, 0.1) is 6.85 Å². The maximum absolute atomic E-state index is 13.5. The van der Waals surface area contributed by atoms with E-state index in [1.807, 2.05) is 0 Å². The van der Waals surface area contributed by atoms with Gasteiger partial charge in [-0.15, -0.1) is 0 Å². The van der Waals surface area contributed by atoms with E-state index in [4.69, 9.17) is 15.1 Å². The average Bonchev–Trinajstić information content (AvgIpc) is 3.18. The fourth-order valence-corrected chi connectivity index (χ4v) is 4.27. The van der Waals surface area contributed by atoms with Crippen LogP contribution >= 0.6 is 0 Å². The lowest BCUT2D eigenvalue weighted by Crippen LogP contribution is -2.42. The number of aryl methyl sites for hydroxylation is 1. The topological polar surface area (TPSA) is 117 Å². The van der Waals surface area contributed by atoms with E-state index in [0.717, 1.165) is 23.1 Å². The Labute approximate surface area is 191 Å². The molecule has 0 spiro atoms. The van der Waals surface area contributed by atoms with E-state index >= 15 is 0 Å². The summed E-state index contributed by atoms with van der Waals surface area (Å²) >= 11 is 0. The predicted molar refractivity (Wildman–Crippen MR) is 115 cm³/mol. The Kier molecular flexibility index (Phi) is 2.92. The van der Waals surface area contributed by atoms with Gasteiger partial charge in [-0.2, -0.15) is 4.98 Å². The number of sulfonamides is 1. The highest BCUT2D eigenvalue weighted by Crippen LogP contribution is 2.39. The molecule has 10 heteroatoms. The molecule has 3 heterocycles. The molecule has 2 aromatic heterocycles. The van der Waals surface area contributed by atoms with E-state index < -0.39 is 84.3 Å². The maximum Gasteiger partial charge on any atom is 0.255 e. The highest BCUT2D eigenvalue weighted by Gasteiger charge is 2.39. The average molecular weight is 447 g/mol. The van der Waals surface area contributed by atoms with E-state index in [1.54, 1.807) is 0 Å². The van der Waals surface area contributed by atoms with Crippen LogP contribution in [0.1, 0.15) is 65.5 Å². The first-order chi connectivity index (χ1) is 18.4. The van der Waals surface area contributed by atoms with Crippen molar-refractivity contribution in [2.24, 2.45) is 0 Å². The molecule has 2 aromatic rings. The number of anilines is 1. The monoisotopic (exact) mass is 446 g/mol. The Morgan fingerprint density at radius 3 is 2.87 bits per heavy atom. The van der Waals surface area contributed by atoms with Crippen molar-refractivity contribution in [2.75, 3.05) is 24.7 Å². The van der Waals surface area contributed by atoms with Crippen molar-refractivity contribution in [3.8, 4) is 0 Å². The minimum atomic E-state index is -4.02. The van der Waals surface area contributed by atoms with Gasteiger partial charge < -0.3 is 10.4 Å². The second-order valence-electron chi connectivity index (χ2n) is 7.42. The Morgan fingerprint density at radius 2 is 2.20 bits per heavy atom. The Balaban J connectivity index is 1.92. The molecule has 1 saturated heterocycles. The molecule has 4 rings (SSSR count). The zero-order valence-electron chi connectivity index (χ0n) is 27.1. The van der Waals surface area contributed by atoms with Crippen molar-refractivity contribution in [2.45, 2.75) is 63.4 Å². The molecule has 0 aromatic carbocycles. The van der Waals surface area contributed by atoms with Gasteiger partial charge in [0, 0.05) is 50.0 Å². The van der Waals surface area contributed by atoms with Gasteiger partial charge in [0.15, 0.2) is 0 Å². The van der Waals surface area contributed by atoms with Crippen molar-refractivity contribution in [3.63, 3.8) is 0 Å². The van der Waals surface area contributed by atoms with Gasteiger partial charge in [0.1, 0.15) is 5.65 Å². The molecule has 2 fully saturated rings. The molecule has 1 aliphatic carbocycles. The van der Waals surface area contributed by atoms with Crippen molar-refractivity contribution < 1.29 is 28.6 Å². The minimum Gasteiger partial charge on any atom is -0.388 e. The zero-order valence-corrected chi connectivity index (χ0v) is 17.0. The number of aromatic nitrogens is 3. The van der Waals surface area contributed by atoms with Crippen LogP contribution in [0.3, 0.4) is 0 Å². The number of hydrogen-bond acceptors (Lipinski definition) is 7. The number of piperidine rings is 1. The molecule has 0 amide bonds. The van der Waals surface area contributed by atoms with Crippen LogP contribution in [-0.4, -0.2) is 63.3 Å². The van der Waals surface area contributed by atoms with Gasteiger partial charge in [-0.25, -0.2) is 17.7 Å². The molecule has 0 radical (unpaired) electrons. The van der Waals surface area contributed by atoms with E-state index in [1.165, 1.54) is 0 Å². The normalized spacial score (nSPS) is 37.0. The van der Waals surface area contributed by atoms with Crippen LogP contribution in [0.5, 0.6) is 0 Å². The van der Waals surface area contributed by atoms with Crippen LogP contribution < -0.4 is 10.9 Å². The number of pyridine rings is 1. The molecule has 2 aliphatic rings. The largest absolute Gasteiger partial charge is 0.388 e. The van der Waals surface area contributed by atoms with Gasteiger partial charge in [0.25, 0.3) is 5.56 Å². The van der Waals surface area contributed by atoms with E-state index in [9.17, 15) is 18.3 Å². The number of aliphatic hydroxyl groups is 1. The van der Waals surface area contributed by atoms with Gasteiger partial charge in [-0.05, 0) is 51.8 Å². The van der Waals surface area contributed by atoms with Crippen molar-refractivity contribution in [3.05, 3.63) is 28.2 Å². The number of rotatable bonds is 4. The Morgan fingerprint density at radius 1 is 1.43 bits per heavy atom. The summed E-state index contributed by atoms with van der Waals surface area (Å²) in [6.45, 7) is -7.62. The molecule has 164 valence electrons. The summed E-state index contributed by atoms with van der Waals surface area (Å²) in [5, 5.41) is 13.5. The van der Waals surface area contributed by atoms with Crippen LogP contribution in [0.2, 0.25) is 0 Å². The Hall–Kier alpha value is -2.04. The number of fused-ring (bicyclic) bond motifs is 1. The molecule has 30 heavy (non-hydrogen) atoms. The Bertz CT molecular complexity index is 1520. The summed E-state index contributed by atoms with van der Waals surface area (Å²) in [6.07, 6.45) is -3.90. The predicted octanol–water partition coefficient (Wildman–Crippen LogP) is 1.41. The third-order valence-electron chi connectivity index (χ3n) is 5.24. The van der Waals surface area contributed by atoms with Gasteiger partial charge in [0.05, 0.1) is 19.3 Å². The molecule has 9 nitrogen and oxygen atoms in total. The van der Waals surface area contributed by atoms with Gasteiger partial charge in [-0.3, -0.25) is 9.36 Å². The van der Waals surface area contributed by atoms with Gasteiger partial charge in [0.2, 0.25) is 16.0 Å². The lowest BCUT2D eigenvalue weighted by Gasteiger charge is -2.31. The number of nitrogens with zero attached hydrogens (tertiary/aromatic N) is 4. The highest BCUT2D eigenvalue weighted by atomic mass is 32.2. The van der Waals surface area contributed by atoms with Crippen LogP contribution in [0.4, 0.5) is 5.95 Å². The SMILES string of the molecule is [2H]C([2H])([2H])c1cc2cnc(NC3([2H])C([2H])([2H])CN(S(C)(=O)=O)CC3([2H])[2H])nc2n(C2CCCC2(O)C([2H])([2H])[2H])c1=O. The van der Waals surface area contributed by atoms with E-state index in [-0.39, 0.29) is 30.3 Å². The summed E-state index contributed by atoms with van der Waals surface area (Å²) in [4.78, 5) is 21.7. The first-order valence-electron chi connectivity index (χ1n) is 14.7. The van der Waals surface area contributed by atoms with Crippen molar-refractivity contribution >= 4 is 27.0 Å². The third kappa shape index (κ3) is 3.95. The lowest BCUT2D eigenvalue weighted by molar-refractivity contribution is 0.0266. The fourth-order valence-electron chi connectivity index (χ4n) is 3.67. The van der Waals surface area contributed by atoms with Gasteiger partial charge in [-0.1, -0.05) is 0 Å². The third-order valence-corrected chi connectivity index (χ3v) is 6.44. The standard InChI is InChI=1S/C20H29N5O4S/c1-13-11-14-12-21-19(22-15-6-9-24(10-7-15)30(3,28)29)23-17(14)25(18(13)26)16-5-4-8-20(16,2)27/h11-12,15-16,27H,4-10H2,1-3H3,(H,21,22,23)/i1D3,2D3,6D2,7D2,15D. The summed E-state index contributed by atoms with van der Waals surface area (Å²) in [5.74, 6) is -0.571. The molecule has 2 N–H and O–H groups in total. The quantitative estimate of drug-likeness (QED) is 0.729. The molecule has 1 aliphatic heterocycles. The molecular weight excluding hydrogens is 406 g/mol. The summed E-state index contributed by atoms with van der Waals surface area (Å²) in [7, 11) is -4.02. The second kappa shape index (κ2) is 7.58. The smallest absolute Gasteiger partial charge is 0.255 e. The minimum absolute atomic E-state index is 0.0179. The highest BCUT2D eigenvalue weighted by molar-refractivity contribution is 7.88. The molecule has 1 saturated carbocycles. The second-order valence-corrected chi connectivity index (χ2v) is 9.41. The molecule has 2 atom stereocenters. The van der Waals surface area contributed by atoms with Gasteiger partial charge >= 0.3 is 0 Å². The summed E-state index contributed by atoms with van der Waals surface area (Å²) < 4.78 is 115. The first kappa shape index (κ1) is 11.5. The molecule has 2 unspecified atom stereocenters. The maximum atomic E-state index is 13.5. The summed E-state index contributed by atoms with van der Waals surface area (Å²) in [6, 6.07) is -3.30.